The molecule has 0 atom stereocenters. The van der Waals surface area contributed by atoms with Gasteiger partial charge in [-0.15, -0.1) is 5.10 Å². The molecular formula is C14H21N3O2. The third kappa shape index (κ3) is 1.78. The van der Waals surface area contributed by atoms with Gasteiger partial charge in [-0.25, -0.2) is 4.79 Å². The van der Waals surface area contributed by atoms with E-state index in [9.17, 15) is 4.79 Å². The SMILES string of the molecule is NCCn1nc(C2C3CC4CC(C3)CC2C4)oc1=O. The highest BCUT2D eigenvalue weighted by atomic mass is 16.4. The van der Waals surface area contributed by atoms with E-state index in [4.69, 9.17) is 10.2 Å². The molecule has 0 aliphatic heterocycles. The zero-order chi connectivity index (χ0) is 13.0. The predicted octanol–water partition coefficient (Wildman–Crippen LogP) is 1.33. The Hall–Kier alpha value is -1.10. The Kier molecular flexibility index (Phi) is 2.59. The van der Waals surface area contributed by atoms with Crippen LogP contribution < -0.4 is 11.5 Å². The van der Waals surface area contributed by atoms with Gasteiger partial charge in [0.15, 0.2) is 0 Å². The molecule has 1 heterocycles. The van der Waals surface area contributed by atoms with Crippen molar-refractivity contribution in [3.63, 3.8) is 0 Å². The van der Waals surface area contributed by atoms with E-state index < -0.39 is 0 Å². The molecule has 2 N–H and O–H groups in total. The largest absolute Gasteiger partial charge is 0.437 e. The first-order valence-corrected chi connectivity index (χ1v) is 7.52. The molecule has 0 amide bonds. The van der Waals surface area contributed by atoms with Crippen LogP contribution in [0.2, 0.25) is 0 Å². The van der Waals surface area contributed by atoms with Crippen molar-refractivity contribution in [2.75, 3.05) is 6.54 Å². The fourth-order valence-corrected chi connectivity index (χ4v) is 5.05. The summed E-state index contributed by atoms with van der Waals surface area (Å²) in [5.74, 6) is 3.98. The van der Waals surface area contributed by atoms with Crippen LogP contribution >= 0.6 is 0 Å². The molecule has 1 aromatic rings. The van der Waals surface area contributed by atoms with E-state index in [0.717, 1.165) is 11.8 Å². The van der Waals surface area contributed by atoms with E-state index in [2.05, 4.69) is 5.10 Å². The van der Waals surface area contributed by atoms with Gasteiger partial charge in [0.2, 0.25) is 5.89 Å². The molecular weight excluding hydrogens is 242 g/mol. The third-order valence-corrected chi connectivity index (χ3v) is 5.47. The summed E-state index contributed by atoms with van der Waals surface area (Å²) in [5, 5.41) is 4.40. The van der Waals surface area contributed by atoms with Crippen LogP contribution in [0.3, 0.4) is 0 Å². The van der Waals surface area contributed by atoms with Gasteiger partial charge in [0.1, 0.15) is 0 Å². The third-order valence-electron chi connectivity index (χ3n) is 5.47. The minimum atomic E-state index is -0.339. The second-order valence-electron chi connectivity index (χ2n) is 6.67. The molecule has 5 nitrogen and oxygen atoms in total. The molecule has 0 aromatic carbocycles. The first-order valence-electron chi connectivity index (χ1n) is 7.52. The van der Waals surface area contributed by atoms with Gasteiger partial charge in [-0.05, 0) is 55.8 Å². The Morgan fingerprint density at radius 3 is 2.37 bits per heavy atom. The Morgan fingerprint density at radius 1 is 1.16 bits per heavy atom. The Bertz CT molecular complexity index is 505. The number of hydrogen-bond acceptors (Lipinski definition) is 4. The van der Waals surface area contributed by atoms with Gasteiger partial charge in [0.25, 0.3) is 0 Å². The number of rotatable bonds is 3. The lowest BCUT2D eigenvalue weighted by Gasteiger charge is -2.53. The van der Waals surface area contributed by atoms with Crippen LogP contribution in [0.15, 0.2) is 9.21 Å². The maximum atomic E-state index is 11.7. The zero-order valence-electron chi connectivity index (χ0n) is 11.1. The van der Waals surface area contributed by atoms with E-state index in [0.29, 0.717) is 36.7 Å². The molecule has 0 saturated heterocycles. The van der Waals surface area contributed by atoms with E-state index in [-0.39, 0.29) is 5.76 Å². The molecule has 0 radical (unpaired) electrons. The van der Waals surface area contributed by atoms with Gasteiger partial charge in [-0.3, -0.25) is 0 Å². The lowest BCUT2D eigenvalue weighted by atomic mass is 9.52. The molecule has 0 spiro atoms. The van der Waals surface area contributed by atoms with Crippen molar-refractivity contribution in [2.24, 2.45) is 29.4 Å². The summed E-state index contributed by atoms with van der Waals surface area (Å²) in [4.78, 5) is 11.7. The van der Waals surface area contributed by atoms with Crippen molar-refractivity contribution in [1.82, 2.24) is 9.78 Å². The maximum absolute atomic E-state index is 11.7. The summed E-state index contributed by atoms with van der Waals surface area (Å²) < 4.78 is 6.82. The number of nitrogens with zero attached hydrogens (tertiary/aromatic N) is 2. The topological polar surface area (TPSA) is 74.1 Å². The van der Waals surface area contributed by atoms with E-state index in [1.165, 1.54) is 36.8 Å². The molecule has 4 saturated carbocycles. The van der Waals surface area contributed by atoms with E-state index >= 15 is 0 Å². The molecule has 104 valence electrons. The van der Waals surface area contributed by atoms with Crippen molar-refractivity contribution < 1.29 is 4.42 Å². The molecule has 1 aromatic heterocycles. The van der Waals surface area contributed by atoms with Crippen molar-refractivity contribution in [3.05, 3.63) is 16.4 Å². The first-order chi connectivity index (χ1) is 9.24. The molecule has 5 heteroatoms. The predicted molar refractivity (Wildman–Crippen MR) is 69.6 cm³/mol. The molecule has 4 fully saturated rings. The molecule has 4 bridgehead atoms. The minimum absolute atomic E-state index is 0.339. The zero-order valence-corrected chi connectivity index (χ0v) is 11.1. The average Bonchev–Trinajstić information content (AvgIpc) is 2.70. The Morgan fingerprint density at radius 2 is 1.79 bits per heavy atom. The van der Waals surface area contributed by atoms with Crippen molar-refractivity contribution >= 4 is 0 Å². The van der Waals surface area contributed by atoms with Gasteiger partial charge in [0.05, 0.1) is 6.54 Å². The van der Waals surface area contributed by atoms with Crippen molar-refractivity contribution in [2.45, 2.75) is 44.6 Å². The van der Waals surface area contributed by atoms with Crippen LogP contribution in [0, 0.1) is 23.7 Å². The second-order valence-corrected chi connectivity index (χ2v) is 6.67. The van der Waals surface area contributed by atoms with Crippen molar-refractivity contribution in [1.29, 1.82) is 0 Å². The standard InChI is InChI=1S/C14H21N3O2/c15-1-2-17-14(18)19-13(16-17)12-10-4-8-3-9(6-10)7-11(12)5-8/h8-12H,1-7,15H2. The van der Waals surface area contributed by atoms with Crippen molar-refractivity contribution in [3.8, 4) is 0 Å². The quantitative estimate of drug-likeness (QED) is 0.893. The van der Waals surface area contributed by atoms with Crippen LogP contribution in [-0.2, 0) is 6.54 Å². The number of hydrogen-bond donors (Lipinski definition) is 1. The van der Waals surface area contributed by atoms with Crippen LogP contribution in [0.25, 0.3) is 0 Å². The lowest BCUT2D eigenvalue weighted by Crippen LogP contribution is -2.43. The molecule has 5 rings (SSSR count). The summed E-state index contributed by atoms with van der Waals surface area (Å²) in [5.41, 5.74) is 5.49. The molecule has 4 aliphatic carbocycles. The first kappa shape index (κ1) is 11.7. The normalized spacial score (nSPS) is 39.9. The van der Waals surface area contributed by atoms with Crippen LogP contribution in [0.1, 0.15) is 43.9 Å². The highest BCUT2D eigenvalue weighted by molar-refractivity contribution is 5.08. The number of nitrogens with two attached hydrogens (primary N) is 1. The maximum Gasteiger partial charge on any atom is 0.437 e. The Labute approximate surface area is 112 Å². The van der Waals surface area contributed by atoms with Gasteiger partial charge >= 0.3 is 5.76 Å². The fraction of sp³-hybridized carbons (Fsp3) is 0.857. The van der Waals surface area contributed by atoms with Gasteiger partial charge in [0, 0.05) is 12.5 Å². The van der Waals surface area contributed by atoms with Crippen LogP contribution in [-0.4, -0.2) is 16.3 Å². The summed E-state index contributed by atoms with van der Waals surface area (Å²) in [6.45, 7) is 0.878. The minimum Gasteiger partial charge on any atom is -0.392 e. The van der Waals surface area contributed by atoms with E-state index in [1.54, 1.807) is 0 Å². The Balaban J connectivity index is 1.65. The summed E-state index contributed by atoms with van der Waals surface area (Å²) in [6.07, 6.45) is 6.68. The second kappa shape index (κ2) is 4.20. The fourth-order valence-electron chi connectivity index (χ4n) is 5.05. The lowest BCUT2D eigenvalue weighted by molar-refractivity contribution is -0.0118. The molecule has 19 heavy (non-hydrogen) atoms. The average molecular weight is 263 g/mol. The van der Waals surface area contributed by atoms with Crippen LogP contribution in [0.5, 0.6) is 0 Å². The van der Waals surface area contributed by atoms with Crippen LogP contribution in [0.4, 0.5) is 0 Å². The molecule has 4 aliphatic rings. The highest BCUT2D eigenvalue weighted by Gasteiger charge is 2.50. The van der Waals surface area contributed by atoms with Gasteiger partial charge in [-0.1, -0.05) is 0 Å². The summed E-state index contributed by atoms with van der Waals surface area (Å²) in [7, 11) is 0. The monoisotopic (exact) mass is 263 g/mol. The smallest absolute Gasteiger partial charge is 0.392 e. The summed E-state index contributed by atoms with van der Waals surface area (Å²) in [6, 6.07) is 0. The van der Waals surface area contributed by atoms with Gasteiger partial charge in [-0.2, -0.15) is 4.68 Å². The number of aromatic nitrogens is 2. The van der Waals surface area contributed by atoms with Gasteiger partial charge < -0.3 is 10.2 Å². The highest BCUT2D eigenvalue weighted by Crippen LogP contribution is 2.59. The summed E-state index contributed by atoms with van der Waals surface area (Å²) >= 11 is 0. The van der Waals surface area contributed by atoms with E-state index in [1.807, 2.05) is 0 Å². The molecule has 0 unspecified atom stereocenters.